The van der Waals surface area contributed by atoms with E-state index in [4.69, 9.17) is 10.2 Å². The summed E-state index contributed by atoms with van der Waals surface area (Å²) in [6.45, 7) is 10.5. The van der Waals surface area contributed by atoms with Crippen LogP contribution in [-0.2, 0) is 19.3 Å². The molecule has 0 radical (unpaired) electrons. The van der Waals surface area contributed by atoms with Crippen LogP contribution in [0.1, 0.15) is 13.8 Å². The van der Waals surface area contributed by atoms with Crippen LogP contribution >= 0.6 is 0 Å². The Morgan fingerprint density at radius 1 is 0.742 bits per heavy atom. The molecule has 0 unspecified atom stereocenters. The lowest BCUT2D eigenvalue weighted by Gasteiger charge is -2.03. The molecule has 2 N–H and O–H groups in total. The highest BCUT2D eigenvalue weighted by Crippen LogP contribution is 2.19. The topological polar surface area (TPSA) is 127 Å². The van der Waals surface area contributed by atoms with Crippen molar-refractivity contribution in [2.75, 3.05) is 13.2 Å². The van der Waals surface area contributed by atoms with Crippen molar-refractivity contribution in [2.24, 2.45) is 0 Å². The molecule has 0 aliphatic rings. The maximum Gasteiger partial charge on any atom is 0.506 e. The number of carboxylic acid groups (broad SMARTS) is 2. The van der Waals surface area contributed by atoms with Gasteiger partial charge in [-0.15, -0.1) is 0 Å². The van der Waals surface area contributed by atoms with E-state index in [9.17, 15) is 18.0 Å². The summed E-state index contributed by atoms with van der Waals surface area (Å²) in [6, 6.07) is 16.9. The fourth-order valence-electron chi connectivity index (χ4n) is 1.71. The zero-order chi connectivity index (χ0) is 23.9. The van der Waals surface area contributed by atoms with Gasteiger partial charge in [-0.2, -0.15) is 0 Å². The summed E-state index contributed by atoms with van der Waals surface area (Å²) in [5.74, 6) is 0. The fourth-order valence-corrected chi connectivity index (χ4v) is 3.01. The molecule has 31 heavy (non-hydrogen) atoms. The van der Waals surface area contributed by atoms with E-state index in [-0.39, 0.29) is 13.2 Å². The van der Waals surface area contributed by atoms with Crippen LogP contribution in [0.2, 0.25) is 0 Å². The highest BCUT2D eigenvalue weighted by molar-refractivity contribution is 7.91. The van der Waals surface area contributed by atoms with Gasteiger partial charge < -0.3 is 19.7 Å². The van der Waals surface area contributed by atoms with Gasteiger partial charge in [0.25, 0.3) is 0 Å². The van der Waals surface area contributed by atoms with Crippen molar-refractivity contribution < 1.29 is 37.7 Å². The Morgan fingerprint density at radius 2 is 1.03 bits per heavy atom. The molecule has 2 aromatic carbocycles. The first-order valence-electron chi connectivity index (χ1n) is 8.82. The van der Waals surface area contributed by atoms with E-state index in [0.29, 0.717) is 20.9 Å². The Labute approximate surface area is 182 Å². The molecule has 0 atom stereocenters. The highest BCUT2D eigenvalue weighted by atomic mass is 32.2. The second-order valence-electron chi connectivity index (χ2n) is 6.15. The number of rotatable bonds is 6. The molecule has 0 saturated heterocycles. The lowest BCUT2D eigenvalue weighted by molar-refractivity contribution is 0.0985. The molecule has 2 rings (SSSR count). The van der Waals surface area contributed by atoms with E-state index < -0.39 is 22.1 Å². The maximum absolute atomic E-state index is 12.0. The van der Waals surface area contributed by atoms with Gasteiger partial charge in [0.1, 0.15) is 13.2 Å². The zero-order valence-electron chi connectivity index (χ0n) is 17.4. The van der Waals surface area contributed by atoms with Crippen molar-refractivity contribution in [3.63, 3.8) is 0 Å². The minimum atomic E-state index is -3.34. The Kier molecular flexibility index (Phi) is 12.7. The van der Waals surface area contributed by atoms with Gasteiger partial charge in [0.05, 0.1) is 9.79 Å². The molecular formula is C22H26O8S. The van der Waals surface area contributed by atoms with Crippen LogP contribution in [0.3, 0.4) is 0 Å². The molecule has 8 nitrogen and oxygen atoms in total. The summed E-state index contributed by atoms with van der Waals surface area (Å²) >= 11 is 0. The number of carbonyl (C=O) groups is 2. The first kappa shape index (κ1) is 27.4. The Balaban J connectivity index is 0.000000483. The first-order chi connectivity index (χ1) is 14.5. The molecular weight excluding hydrogens is 424 g/mol. The summed E-state index contributed by atoms with van der Waals surface area (Å²) in [4.78, 5) is 19.9. The van der Waals surface area contributed by atoms with Gasteiger partial charge in [0.2, 0.25) is 9.84 Å². The fraction of sp³-hybridized carbons (Fsp3) is 0.182. The number of hydrogen-bond acceptors (Lipinski definition) is 6. The maximum atomic E-state index is 12.0. The van der Waals surface area contributed by atoms with E-state index in [2.05, 4.69) is 22.6 Å². The summed E-state index contributed by atoms with van der Waals surface area (Å²) in [7, 11) is -3.34. The molecule has 0 heterocycles. The summed E-state index contributed by atoms with van der Waals surface area (Å²) in [5, 5.41) is 15.8. The lowest BCUT2D eigenvalue weighted by atomic mass is 10.4. The van der Waals surface area contributed by atoms with Gasteiger partial charge in [-0.1, -0.05) is 49.6 Å². The van der Waals surface area contributed by atoms with Crippen LogP contribution in [0, 0.1) is 0 Å². The number of ether oxygens (including phenoxy) is 2. The minimum absolute atomic E-state index is 0.0926. The standard InChI is InChI=1S/C12H10O2S.2C5H8O3/c13-15(14,11-7-3-1-4-8-11)12-9-5-2-6-10-12;2*1-4(2)3-8-5(6)7/h1-10H;2*1,3H2,2H3,(H,6,7). The predicted octanol–water partition coefficient (Wildman–Crippen LogP) is 5.03. The van der Waals surface area contributed by atoms with E-state index in [0.717, 1.165) is 0 Å². The van der Waals surface area contributed by atoms with Crippen molar-refractivity contribution in [1.29, 1.82) is 0 Å². The number of benzene rings is 2. The largest absolute Gasteiger partial charge is 0.506 e. The Morgan fingerprint density at radius 3 is 1.23 bits per heavy atom. The van der Waals surface area contributed by atoms with E-state index in [1.165, 1.54) is 0 Å². The first-order valence-corrected chi connectivity index (χ1v) is 10.3. The van der Waals surface area contributed by atoms with Gasteiger partial charge >= 0.3 is 12.3 Å². The predicted molar refractivity (Wildman–Crippen MR) is 116 cm³/mol. The summed E-state index contributed by atoms with van der Waals surface area (Å²) in [6.07, 6.45) is -2.51. The van der Waals surface area contributed by atoms with Crippen molar-refractivity contribution >= 4 is 22.1 Å². The quantitative estimate of drug-likeness (QED) is 0.463. The van der Waals surface area contributed by atoms with Crippen molar-refractivity contribution in [3.05, 3.63) is 85.0 Å². The van der Waals surface area contributed by atoms with Gasteiger partial charge in [0, 0.05) is 0 Å². The molecule has 0 aliphatic carbocycles. The molecule has 9 heteroatoms. The average Bonchev–Trinajstić information content (AvgIpc) is 2.73. The third-order valence-corrected chi connectivity index (χ3v) is 4.78. The molecule has 0 bridgehead atoms. The molecule has 0 spiro atoms. The average molecular weight is 451 g/mol. The molecule has 0 amide bonds. The summed E-state index contributed by atoms with van der Waals surface area (Å²) in [5.41, 5.74) is 1.40. The van der Waals surface area contributed by atoms with Crippen molar-refractivity contribution in [3.8, 4) is 0 Å². The normalized spacial score (nSPS) is 9.61. The van der Waals surface area contributed by atoms with Crippen LogP contribution < -0.4 is 0 Å². The highest BCUT2D eigenvalue weighted by Gasteiger charge is 2.15. The van der Waals surface area contributed by atoms with E-state index >= 15 is 0 Å². The second kappa shape index (κ2) is 14.4. The van der Waals surface area contributed by atoms with E-state index in [1.807, 2.05) is 0 Å². The van der Waals surface area contributed by atoms with Gasteiger partial charge in [-0.3, -0.25) is 0 Å². The monoisotopic (exact) mass is 450 g/mol. The molecule has 2 aromatic rings. The van der Waals surface area contributed by atoms with Crippen LogP contribution in [-0.4, -0.2) is 44.2 Å². The molecule has 0 aromatic heterocycles. The van der Waals surface area contributed by atoms with Crippen LogP contribution in [0.15, 0.2) is 94.8 Å². The van der Waals surface area contributed by atoms with Crippen LogP contribution in [0.5, 0.6) is 0 Å². The molecule has 0 fully saturated rings. The van der Waals surface area contributed by atoms with E-state index in [1.54, 1.807) is 74.5 Å². The second-order valence-corrected chi connectivity index (χ2v) is 8.10. The Hall–Kier alpha value is -3.59. The SMILES string of the molecule is C=C(C)COC(=O)O.C=C(C)COC(=O)O.O=S(=O)(c1ccccc1)c1ccccc1. The smallest absolute Gasteiger partial charge is 0.450 e. The minimum Gasteiger partial charge on any atom is -0.450 e. The molecule has 0 saturated carbocycles. The van der Waals surface area contributed by atoms with Gasteiger partial charge in [0.15, 0.2) is 0 Å². The van der Waals surface area contributed by atoms with Crippen LogP contribution in [0.4, 0.5) is 9.59 Å². The zero-order valence-corrected chi connectivity index (χ0v) is 18.2. The Bertz CT molecular complexity index is 850. The van der Waals surface area contributed by atoms with Crippen molar-refractivity contribution in [2.45, 2.75) is 23.6 Å². The molecule has 168 valence electrons. The van der Waals surface area contributed by atoms with Crippen molar-refractivity contribution in [1.82, 2.24) is 0 Å². The number of sulfone groups is 1. The number of hydrogen-bond donors (Lipinski definition) is 2. The van der Waals surface area contributed by atoms with Gasteiger partial charge in [-0.05, 0) is 49.3 Å². The lowest BCUT2D eigenvalue weighted by Crippen LogP contribution is -2.01. The third kappa shape index (κ3) is 13.3. The van der Waals surface area contributed by atoms with Crippen LogP contribution in [0.25, 0.3) is 0 Å². The van der Waals surface area contributed by atoms with Gasteiger partial charge in [-0.25, -0.2) is 18.0 Å². The molecule has 0 aliphatic heterocycles. The third-order valence-electron chi connectivity index (χ3n) is 2.99. The summed E-state index contributed by atoms with van der Waals surface area (Å²) < 4.78 is 32.3.